The van der Waals surface area contributed by atoms with E-state index >= 15 is 0 Å². The van der Waals surface area contributed by atoms with E-state index in [9.17, 15) is 18.0 Å². The molecule has 1 heterocycles. The number of rotatable bonds is 5. The molecule has 20 heavy (non-hydrogen) atoms. The molecule has 1 rings (SSSR count). The number of hydrogen-bond acceptors (Lipinski definition) is 5. The molecule has 7 nitrogen and oxygen atoms in total. The number of aryl methyl sites for hydroxylation is 1. The van der Waals surface area contributed by atoms with E-state index in [0.29, 0.717) is 17.2 Å². The Morgan fingerprint density at radius 1 is 1.50 bits per heavy atom. The number of nitrogens with one attached hydrogen (secondary N) is 2. The Balaban J connectivity index is 2.49. The minimum absolute atomic E-state index is 0.164. The molecule has 0 aliphatic heterocycles. The number of carbonyl (C=O) groups excluding carboxylic acids is 1. The Kier molecular flexibility index (Phi) is 5.70. The zero-order valence-corrected chi connectivity index (χ0v) is 11.0. The van der Waals surface area contributed by atoms with Crippen molar-refractivity contribution >= 4 is 28.3 Å². The highest BCUT2D eigenvalue weighted by molar-refractivity contribution is 7.13. The smallest absolute Gasteiger partial charge is 0.370 e. The van der Waals surface area contributed by atoms with Crippen LogP contribution >= 0.6 is 11.3 Å². The number of nitrogens with zero attached hydrogens (tertiary/aromatic N) is 2. The molecule has 1 aromatic rings. The van der Waals surface area contributed by atoms with Crippen molar-refractivity contribution in [1.29, 1.82) is 0 Å². The lowest BCUT2D eigenvalue weighted by molar-refractivity contribution is -0.121. The van der Waals surface area contributed by atoms with Gasteiger partial charge in [-0.05, 0) is 6.42 Å². The summed E-state index contributed by atoms with van der Waals surface area (Å²) in [4.78, 5) is 18.1. The fourth-order valence-electron chi connectivity index (χ4n) is 1.12. The first-order valence-corrected chi connectivity index (χ1v) is 6.25. The minimum Gasteiger partial charge on any atom is -0.370 e. The number of halogens is 3. The van der Waals surface area contributed by atoms with Gasteiger partial charge in [0.2, 0.25) is 5.91 Å². The summed E-state index contributed by atoms with van der Waals surface area (Å²) in [5.41, 5.74) is 7.87. The fourth-order valence-corrected chi connectivity index (χ4v) is 1.87. The van der Waals surface area contributed by atoms with Gasteiger partial charge in [-0.25, -0.2) is 15.8 Å². The number of aliphatic imine (C=N–C) groups is 1. The molecule has 0 saturated heterocycles. The Labute approximate surface area is 116 Å². The van der Waals surface area contributed by atoms with Crippen LogP contribution in [0.5, 0.6) is 0 Å². The van der Waals surface area contributed by atoms with Crippen molar-refractivity contribution in [2.75, 3.05) is 11.9 Å². The molecule has 0 bridgehead atoms. The van der Waals surface area contributed by atoms with E-state index in [1.807, 2.05) is 5.43 Å². The molecule has 0 fully saturated rings. The first-order chi connectivity index (χ1) is 9.30. The van der Waals surface area contributed by atoms with E-state index in [2.05, 4.69) is 15.3 Å². The van der Waals surface area contributed by atoms with Crippen molar-refractivity contribution in [3.8, 4) is 0 Å². The minimum atomic E-state index is -4.41. The maximum Gasteiger partial charge on any atom is 0.408 e. The fraction of sp³-hybridized carbons (Fsp3) is 0.444. The second-order valence-corrected chi connectivity index (χ2v) is 4.51. The van der Waals surface area contributed by atoms with Gasteiger partial charge >= 0.3 is 6.18 Å². The van der Waals surface area contributed by atoms with Gasteiger partial charge in [0.25, 0.3) is 0 Å². The van der Waals surface area contributed by atoms with Crippen LogP contribution in [-0.2, 0) is 11.2 Å². The Morgan fingerprint density at radius 2 is 2.20 bits per heavy atom. The lowest BCUT2D eigenvalue weighted by Crippen LogP contribution is -2.30. The normalized spacial score (nSPS) is 12.3. The van der Waals surface area contributed by atoms with Gasteiger partial charge in [0.1, 0.15) is 6.54 Å². The second-order valence-electron chi connectivity index (χ2n) is 3.65. The van der Waals surface area contributed by atoms with Crippen LogP contribution in [0.4, 0.5) is 18.3 Å². The predicted molar refractivity (Wildman–Crippen MR) is 68.9 cm³/mol. The molecule has 0 aliphatic rings. The topological polar surface area (TPSA) is 118 Å². The average Bonchev–Trinajstić information content (AvgIpc) is 2.80. The summed E-state index contributed by atoms with van der Waals surface area (Å²) in [5.74, 6) is 4.22. The van der Waals surface area contributed by atoms with Gasteiger partial charge in [-0.3, -0.25) is 10.2 Å². The third-order valence-electron chi connectivity index (χ3n) is 1.98. The van der Waals surface area contributed by atoms with E-state index in [-0.39, 0.29) is 18.3 Å². The molecule has 0 saturated carbocycles. The molecular formula is C9H13F3N6OS. The molecule has 1 amide bonds. The summed E-state index contributed by atoms with van der Waals surface area (Å²) in [6.45, 7) is -1.36. The summed E-state index contributed by atoms with van der Waals surface area (Å²) < 4.78 is 35.8. The Hall–Kier alpha value is -1.88. The number of alkyl halides is 3. The van der Waals surface area contributed by atoms with Crippen LogP contribution in [0.15, 0.2) is 10.4 Å². The van der Waals surface area contributed by atoms with Gasteiger partial charge in [0.15, 0.2) is 11.1 Å². The van der Waals surface area contributed by atoms with Crippen LogP contribution in [0.1, 0.15) is 12.1 Å². The number of nitrogens with two attached hydrogens (primary N) is 2. The molecule has 6 N–H and O–H groups in total. The number of guanidine groups is 1. The molecule has 0 aliphatic carbocycles. The number of hydrogen-bond donors (Lipinski definition) is 4. The molecule has 0 aromatic carbocycles. The highest BCUT2D eigenvalue weighted by Gasteiger charge is 2.26. The zero-order valence-electron chi connectivity index (χ0n) is 10.2. The van der Waals surface area contributed by atoms with Crippen molar-refractivity contribution in [3.63, 3.8) is 0 Å². The molecule has 0 atom stereocenters. The van der Waals surface area contributed by atoms with Gasteiger partial charge < -0.3 is 11.1 Å². The van der Waals surface area contributed by atoms with Gasteiger partial charge in [0, 0.05) is 11.8 Å². The number of thiazole rings is 1. The highest BCUT2D eigenvalue weighted by atomic mass is 32.1. The van der Waals surface area contributed by atoms with Gasteiger partial charge in [-0.1, -0.05) is 0 Å². The molecule has 0 radical (unpaired) electrons. The summed E-state index contributed by atoms with van der Waals surface area (Å²) in [6.07, 6.45) is -3.88. The van der Waals surface area contributed by atoms with Crippen LogP contribution in [0, 0.1) is 0 Å². The summed E-state index contributed by atoms with van der Waals surface area (Å²) >= 11 is 1.14. The quantitative estimate of drug-likeness (QED) is 0.206. The lowest BCUT2D eigenvalue weighted by atomic mass is 10.2. The van der Waals surface area contributed by atoms with Crippen LogP contribution in [0.2, 0.25) is 0 Å². The Morgan fingerprint density at radius 3 is 2.80 bits per heavy atom. The summed E-state index contributed by atoms with van der Waals surface area (Å²) in [6, 6.07) is 0. The summed E-state index contributed by atoms with van der Waals surface area (Å²) in [5, 5.41) is 4.40. The molecular weight excluding hydrogens is 297 g/mol. The molecule has 1 aromatic heterocycles. The van der Waals surface area contributed by atoms with Crippen molar-refractivity contribution < 1.29 is 18.0 Å². The average molecular weight is 310 g/mol. The van der Waals surface area contributed by atoms with E-state index in [4.69, 9.17) is 11.6 Å². The molecule has 112 valence electrons. The first-order valence-electron chi connectivity index (χ1n) is 5.37. The monoisotopic (exact) mass is 310 g/mol. The van der Waals surface area contributed by atoms with E-state index in [0.717, 1.165) is 11.3 Å². The lowest BCUT2D eigenvalue weighted by Gasteiger charge is -2.04. The maximum absolute atomic E-state index is 11.9. The maximum atomic E-state index is 11.9. The number of anilines is 1. The van der Waals surface area contributed by atoms with Crippen molar-refractivity contribution in [2.45, 2.75) is 19.0 Å². The zero-order chi connectivity index (χ0) is 15.2. The number of hydrazine groups is 1. The standard InChI is InChI=1S/C9H13F3N6OS/c10-9(11,12)4-15-7(13)17-8-16-5(3-20-8)1-2-6(19)18-14/h3H,1-2,4,14H2,(H,18,19)(H3,13,15,16,17). The van der Waals surface area contributed by atoms with Crippen LogP contribution < -0.4 is 22.3 Å². The van der Waals surface area contributed by atoms with Crippen molar-refractivity contribution in [2.24, 2.45) is 16.6 Å². The van der Waals surface area contributed by atoms with Gasteiger partial charge in [0.05, 0.1) is 5.69 Å². The van der Waals surface area contributed by atoms with Crippen molar-refractivity contribution in [1.82, 2.24) is 10.4 Å². The van der Waals surface area contributed by atoms with Crippen molar-refractivity contribution in [3.05, 3.63) is 11.1 Å². The molecule has 0 unspecified atom stereocenters. The van der Waals surface area contributed by atoms with Crippen LogP contribution in [-0.4, -0.2) is 29.6 Å². The number of carbonyl (C=O) groups is 1. The van der Waals surface area contributed by atoms with E-state index in [1.165, 1.54) is 0 Å². The highest BCUT2D eigenvalue weighted by Crippen LogP contribution is 2.17. The largest absolute Gasteiger partial charge is 0.408 e. The van der Waals surface area contributed by atoms with Crippen LogP contribution in [0.3, 0.4) is 0 Å². The molecule has 11 heteroatoms. The van der Waals surface area contributed by atoms with Gasteiger partial charge in [-0.15, -0.1) is 11.3 Å². The first kappa shape index (κ1) is 16.2. The predicted octanol–water partition coefficient (Wildman–Crippen LogP) is 0.354. The molecule has 0 spiro atoms. The SMILES string of the molecule is NNC(=O)CCc1csc(NC(N)=NCC(F)(F)F)n1. The third-order valence-corrected chi connectivity index (χ3v) is 2.79. The summed E-state index contributed by atoms with van der Waals surface area (Å²) in [7, 11) is 0. The van der Waals surface area contributed by atoms with E-state index in [1.54, 1.807) is 5.38 Å². The Bertz CT molecular complexity index is 486. The van der Waals surface area contributed by atoms with Gasteiger partial charge in [-0.2, -0.15) is 13.2 Å². The van der Waals surface area contributed by atoms with Crippen LogP contribution in [0.25, 0.3) is 0 Å². The second kappa shape index (κ2) is 7.05. The van der Waals surface area contributed by atoms with E-state index < -0.39 is 12.7 Å². The number of aromatic nitrogens is 1. The number of amides is 1. The third kappa shape index (κ3) is 6.33.